The van der Waals surface area contributed by atoms with E-state index in [9.17, 15) is 0 Å². The number of alkyl halides is 1. The van der Waals surface area contributed by atoms with Crippen molar-refractivity contribution in [3.63, 3.8) is 0 Å². The monoisotopic (exact) mass is 225 g/mol. The van der Waals surface area contributed by atoms with Gasteiger partial charge in [0.05, 0.1) is 0 Å². The van der Waals surface area contributed by atoms with Crippen LogP contribution in [0.25, 0.3) is 0 Å². The fraction of sp³-hybridized carbons (Fsp3) is 0.538. The zero-order chi connectivity index (χ0) is 11.3. The normalized spacial score (nSPS) is 10.4. The third-order valence-electron chi connectivity index (χ3n) is 2.67. The first-order chi connectivity index (χ1) is 7.19. The first kappa shape index (κ1) is 12.4. The van der Waals surface area contributed by atoms with Gasteiger partial charge in [-0.05, 0) is 30.5 Å². The van der Waals surface area contributed by atoms with Crippen LogP contribution in [0.2, 0.25) is 0 Å². The highest BCUT2D eigenvalue weighted by Gasteiger charge is 2.04. The van der Waals surface area contributed by atoms with E-state index in [2.05, 4.69) is 44.0 Å². The number of hydrogen-bond acceptors (Lipinski definition) is 1. The molecule has 2 heteroatoms. The van der Waals surface area contributed by atoms with Crippen LogP contribution >= 0.6 is 11.6 Å². The van der Waals surface area contributed by atoms with Crippen molar-refractivity contribution in [2.24, 2.45) is 0 Å². The molecule has 0 spiro atoms. The van der Waals surface area contributed by atoms with Gasteiger partial charge in [0.1, 0.15) is 0 Å². The summed E-state index contributed by atoms with van der Waals surface area (Å²) in [6.07, 6.45) is 2.48. The number of hydrogen-bond donors (Lipinski definition) is 0. The summed E-state index contributed by atoms with van der Waals surface area (Å²) in [6.45, 7) is 5.49. The van der Waals surface area contributed by atoms with Crippen molar-refractivity contribution in [3.8, 4) is 0 Å². The van der Waals surface area contributed by atoms with Crippen molar-refractivity contribution < 1.29 is 0 Å². The van der Waals surface area contributed by atoms with E-state index in [1.807, 2.05) is 0 Å². The zero-order valence-electron chi connectivity index (χ0n) is 9.89. The molecule has 0 saturated heterocycles. The fourth-order valence-corrected chi connectivity index (χ4v) is 1.91. The number of anilines is 1. The minimum absolute atomic E-state index is 0.597. The Morgan fingerprint density at radius 1 is 1.33 bits per heavy atom. The van der Waals surface area contributed by atoms with Gasteiger partial charge in [0.2, 0.25) is 0 Å². The lowest BCUT2D eigenvalue weighted by atomic mass is 10.1. The first-order valence-corrected chi connectivity index (χ1v) is 6.09. The lowest BCUT2D eigenvalue weighted by Crippen LogP contribution is -2.19. The largest absolute Gasteiger partial charge is 0.374 e. The molecule has 1 nitrogen and oxygen atoms in total. The molecule has 1 aromatic rings. The van der Waals surface area contributed by atoms with Crippen LogP contribution < -0.4 is 4.90 Å². The molecule has 0 atom stereocenters. The maximum absolute atomic E-state index is 5.80. The highest BCUT2D eigenvalue weighted by Crippen LogP contribution is 2.21. The van der Waals surface area contributed by atoms with Gasteiger partial charge in [0, 0.05) is 25.2 Å². The zero-order valence-corrected chi connectivity index (χ0v) is 10.6. The molecule has 0 N–H and O–H groups in total. The van der Waals surface area contributed by atoms with Crippen LogP contribution in [0.15, 0.2) is 18.2 Å². The number of rotatable bonds is 5. The van der Waals surface area contributed by atoms with E-state index >= 15 is 0 Å². The molecule has 0 amide bonds. The molecule has 15 heavy (non-hydrogen) atoms. The van der Waals surface area contributed by atoms with Crippen LogP contribution in [0, 0.1) is 6.92 Å². The lowest BCUT2D eigenvalue weighted by molar-refractivity contribution is 0.765. The molecule has 0 aliphatic rings. The fourth-order valence-electron chi connectivity index (χ4n) is 1.74. The Morgan fingerprint density at radius 3 is 2.60 bits per heavy atom. The third kappa shape index (κ3) is 3.42. The summed E-state index contributed by atoms with van der Waals surface area (Å²) in [5, 5.41) is 0. The lowest BCUT2D eigenvalue weighted by Gasteiger charge is -2.21. The Bertz CT molecular complexity index is 309. The molecular weight excluding hydrogens is 206 g/mol. The number of halogens is 1. The van der Waals surface area contributed by atoms with Gasteiger partial charge in [-0.3, -0.25) is 0 Å². The summed E-state index contributed by atoms with van der Waals surface area (Å²) >= 11 is 5.80. The van der Waals surface area contributed by atoms with Crippen molar-refractivity contribution in [2.45, 2.75) is 32.6 Å². The summed E-state index contributed by atoms with van der Waals surface area (Å²) < 4.78 is 0. The van der Waals surface area contributed by atoms with Gasteiger partial charge < -0.3 is 4.90 Å². The molecule has 0 fully saturated rings. The topological polar surface area (TPSA) is 3.24 Å². The molecular formula is C13H20ClN. The van der Waals surface area contributed by atoms with Crippen molar-refractivity contribution >= 4 is 17.3 Å². The summed E-state index contributed by atoms with van der Waals surface area (Å²) in [4.78, 5) is 2.32. The highest BCUT2D eigenvalue weighted by atomic mass is 35.5. The molecule has 0 aliphatic heterocycles. The standard InChI is InChI=1S/C13H20ClN/c1-4-5-8-15(3)13-7-6-12(10-14)9-11(13)2/h6-7,9H,4-5,8,10H2,1-3H3. The highest BCUT2D eigenvalue weighted by molar-refractivity contribution is 6.17. The maximum Gasteiger partial charge on any atom is 0.0474 e. The van der Waals surface area contributed by atoms with Gasteiger partial charge in [-0.25, -0.2) is 0 Å². The minimum atomic E-state index is 0.597. The van der Waals surface area contributed by atoms with Crippen LogP contribution in [0.1, 0.15) is 30.9 Å². The van der Waals surface area contributed by atoms with E-state index in [0.29, 0.717) is 5.88 Å². The number of nitrogens with zero attached hydrogens (tertiary/aromatic N) is 1. The number of benzene rings is 1. The van der Waals surface area contributed by atoms with Crippen LogP contribution in [0.5, 0.6) is 0 Å². The van der Waals surface area contributed by atoms with Crippen LogP contribution in [0.3, 0.4) is 0 Å². The molecule has 0 saturated carbocycles. The summed E-state index contributed by atoms with van der Waals surface area (Å²) in [7, 11) is 2.15. The minimum Gasteiger partial charge on any atom is -0.374 e. The predicted octanol–water partition coefficient (Wildman–Crippen LogP) is 3.97. The SMILES string of the molecule is CCCCN(C)c1ccc(CCl)cc1C. The van der Waals surface area contributed by atoms with E-state index in [1.165, 1.54) is 29.7 Å². The van der Waals surface area contributed by atoms with Crippen LogP contribution in [-0.4, -0.2) is 13.6 Å². The summed E-state index contributed by atoms with van der Waals surface area (Å²) in [5.74, 6) is 0.597. The van der Waals surface area contributed by atoms with Crippen molar-refractivity contribution in [1.29, 1.82) is 0 Å². The van der Waals surface area contributed by atoms with Crippen LogP contribution in [0.4, 0.5) is 5.69 Å². The van der Waals surface area contributed by atoms with E-state index in [-0.39, 0.29) is 0 Å². The van der Waals surface area contributed by atoms with Crippen molar-refractivity contribution in [3.05, 3.63) is 29.3 Å². The van der Waals surface area contributed by atoms with Gasteiger partial charge in [-0.1, -0.05) is 25.5 Å². The maximum atomic E-state index is 5.80. The molecule has 84 valence electrons. The molecule has 0 heterocycles. The number of aryl methyl sites for hydroxylation is 1. The summed E-state index contributed by atoms with van der Waals surface area (Å²) in [5.41, 5.74) is 3.82. The molecule has 0 aromatic heterocycles. The second-order valence-electron chi connectivity index (χ2n) is 4.03. The van der Waals surface area contributed by atoms with Gasteiger partial charge in [0.25, 0.3) is 0 Å². The van der Waals surface area contributed by atoms with E-state index in [1.54, 1.807) is 0 Å². The molecule has 0 bridgehead atoms. The molecule has 0 aliphatic carbocycles. The Morgan fingerprint density at radius 2 is 2.07 bits per heavy atom. The smallest absolute Gasteiger partial charge is 0.0474 e. The van der Waals surface area contributed by atoms with Gasteiger partial charge in [-0.15, -0.1) is 11.6 Å². The second kappa shape index (κ2) is 6.02. The Balaban J connectivity index is 2.76. The van der Waals surface area contributed by atoms with E-state index in [0.717, 1.165) is 6.54 Å². The Labute approximate surface area is 98.0 Å². The van der Waals surface area contributed by atoms with E-state index < -0.39 is 0 Å². The predicted molar refractivity (Wildman–Crippen MR) is 68.9 cm³/mol. The molecule has 0 radical (unpaired) electrons. The van der Waals surface area contributed by atoms with Gasteiger partial charge >= 0.3 is 0 Å². The average molecular weight is 226 g/mol. The quantitative estimate of drug-likeness (QED) is 0.686. The Hall–Kier alpha value is -0.690. The molecule has 1 rings (SSSR count). The Kier molecular flexibility index (Phi) is 4.97. The average Bonchev–Trinajstić information content (AvgIpc) is 2.25. The van der Waals surface area contributed by atoms with Gasteiger partial charge in [-0.2, -0.15) is 0 Å². The first-order valence-electron chi connectivity index (χ1n) is 5.55. The molecule has 1 aromatic carbocycles. The van der Waals surface area contributed by atoms with Crippen LogP contribution in [-0.2, 0) is 5.88 Å². The summed E-state index contributed by atoms with van der Waals surface area (Å²) in [6, 6.07) is 6.45. The third-order valence-corrected chi connectivity index (χ3v) is 2.98. The molecule has 0 unspecified atom stereocenters. The number of unbranched alkanes of at least 4 members (excludes halogenated alkanes) is 1. The van der Waals surface area contributed by atoms with Crippen molar-refractivity contribution in [2.75, 3.05) is 18.5 Å². The van der Waals surface area contributed by atoms with Gasteiger partial charge in [0.15, 0.2) is 0 Å². The van der Waals surface area contributed by atoms with E-state index in [4.69, 9.17) is 11.6 Å². The van der Waals surface area contributed by atoms with Crippen molar-refractivity contribution in [1.82, 2.24) is 0 Å². The second-order valence-corrected chi connectivity index (χ2v) is 4.30.